The van der Waals surface area contributed by atoms with Gasteiger partial charge in [-0.25, -0.2) is 4.98 Å². The van der Waals surface area contributed by atoms with Gasteiger partial charge in [0.1, 0.15) is 28.9 Å². The summed E-state index contributed by atoms with van der Waals surface area (Å²) in [5.41, 5.74) is 1.16. The summed E-state index contributed by atoms with van der Waals surface area (Å²) in [6.07, 6.45) is 6.95. The summed E-state index contributed by atoms with van der Waals surface area (Å²) in [7, 11) is 0. The smallest absolute Gasteiger partial charge is 0.141 e. The number of nitriles is 1. The zero-order chi connectivity index (χ0) is 14.9. The van der Waals surface area contributed by atoms with Gasteiger partial charge in [0.2, 0.25) is 0 Å². The van der Waals surface area contributed by atoms with Crippen LogP contribution in [-0.4, -0.2) is 14.4 Å². The molecule has 3 aromatic heterocycles. The molecule has 5 nitrogen and oxygen atoms in total. The molecule has 0 amide bonds. The Morgan fingerprint density at radius 3 is 2.86 bits per heavy atom. The molecule has 0 aliphatic rings. The number of pyridine rings is 2. The van der Waals surface area contributed by atoms with Crippen LogP contribution in [0, 0.1) is 11.3 Å². The van der Waals surface area contributed by atoms with E-state index in [0.717, 1.165) is 10.8 Å². The Morgan fingerprint density at radius 1 is 1.00 bits per heavy atom. The minimum atomic E-state index is 0.479. The summed E-state index contributed by atoms with van der Waals surface area (Å²) < 4.78 is 7.59. The summed E-state index contributed by atoms with van der Waals surface area (Å²) in [5.74, 6) is 1.28. The maximum atomic E-state index is 9.22. The molecule has 0 unspecified atom stereocenters. The van der Waals surface area contributed by atoms with Crippen molar-refractivity contribution in [3.05, 3.63) is 66.9 Å². The lowest BCUT2D eigenvalue weighted by Crippen LogP contribution is -1.93. The maximum Gasteiger partial charge on any atom is 0.141 e. The van der Waals surface area contributed by atoms with E-state index in [1.54, 1.807) is 41.3 Å². The number of ether oxygens (including phenoxy) is 1. The Bertz CT molecular complexity index is 1030. The molecule has 0 saturated heterocycles. The van der Waals surface area contributed by atoms with Gasteiger partial charge in [0, 0.05) is 42.3 Å². The molecule has 22 heavy (non-hydrogen) atoms. The minimum absolute atomic E-state index is 0.479. The molecule has 0 saturated carbocycles. The van der Waals surface area contributed by atoms with Crippen molar-refractivity contribution in [1.82, 2.24) is 14.4 Å². The fourth-order valence-electron chi connectivity index (χ4n) is 2.41. The van der Waals surface area contributed by atoms with Crippen molar-refractivity contribution in [3.63, 3.8) is 0 Å². The number of rotatable bonds is 2. The van der Waals surface area contributed by atoms with Crippen molar-refractivity contribution in [3.8, 4) is 17.6 Å². The van der Waals surface area contributed by atoms with Gasteiger partial charge < -0.3 is 4.74 Å². The molecule has 3 heterocycles. The topological polar surface area (TPSA) is 63.2 Å². The number of benzene rings is 1. The Kier molecular flexibility index (Phi) is 2.73. The van der Waals surface area contributed by atoms with Crippen molar-refractivity contribution < 1.29 is 4.74 Å². The van der Waals surface area contributed by atoms with Gasteiger partial charge in [-0.2, -0.15) is 5.26 Å². The molecule has 4 rings (SSSR count). The lowest BCUT2D eigenvalue weighted by atomic mass is 10.2. The third kappa shape index (κ3) is 2.03. The first-order chi connectivity index (χ1) is 10.8. The van der Waals surface area contributed by atoms with Crippen LogP contribution in [0.15, 0.2) is 61.2 Å². The SMILES string of the molecule is N#Cc1cc(Oc2ccc3ccncc3c2)cc2nccn12. The van der Waals surface area contributed by atoms with Gasteiger partial charge in [-0.15, -0.1) is 0 Å². The second kappa shape index (κ2) is 4.86. The first kappa shape index (κ1) is 12.4. The maximum absolute atomic E-state index is 9.22. The summed E-state index contributed by atoms with van der Waals surface area (Å²) in [5, 5.41) is 11.3. The first-order valence-electron chi connectivity index (χ1n) is 6.72. The van der Waals surface area contributed by atoms with Crippen LogP contribution in [0.3, 0.4) is 0 Å². The van der Waals surface area contributed by atoms with Gasteiger partial charge in [-0.3, -0.25) is 9.38 Å². The highest BCUT2D eigenvalue weighted by atomic mass is 16.5. The van der Waals surface area contributed by atoms with Crippen LogP contribution < -0.4 is 4.74 Å². The van der Waals surface area contributed by atoms with Gasteiger partial charge in [0.25, 0.3) is 0 Å². The number of hydrogen-bond donors (Lipinski definition) is 0. The summed E-state index contributed by atoms with van der Waals surface area (Å²) in [4.78, 5) is 8.31. The van der Waals surface area contributed by atoms with E-state index in [-0.39, 0.29) is 0 Å². The fraction of sp³-hybridized carbons (Fsp3) is 0. The highest BCUT2D eigenvalue weighted by molar-refractivity contribution is 5.82. The molecule has 4 aromatic rings. The lowest BCUT2D eigenvalue weighted by Gasteiger charge is -2.08. The van der Waals surface area contributed by atoms with Gasteiger partial charge in [0.05, 0.1) is 0 Å². The van der Waals surface area contributed by atoms with E-state index in [1.807, 2.05) is 24.3 Å². The number of aromatic nitrogens is 3. The number of hydrogen-bond acceptors (Lipinski definition) is 4. The number of nitrogens with zero attached hydrogens (tertiary/aromatic N) is 4. The van der Waals surface area contributed by atoms with Gasteiger partial charge in [-0.05, 0) is 23.6 Å². The van der Waals surface area contributed by atoms with Crippen LogP contribution in [0.2, 0.25) is 0 Å². The normalized spacial score (nSPS) is 10.7. The van der Waals surface area contributed by atoms with E-state index < -0.39 is 0 Å². The average Bonchev–Trinajstić information content (AvgIpc) is 3.02. The monoisotopic (exact) mass is 286 g/mol. The summed E-state index contributed by atoms with van der Waals surface area (Å²) in [6.45, 7) is 0. The van der Waals surface area contributed by atoms with Gasteiger partial charge in [0.15, 0.2) is 0 Å². The van der Waals surface area contributed by atoms with E-state index in [2.05, 4.69) is 16.0 Å². The van der Waals surface area contributed by atoms with E-state index in [1.165, 1.54) is 0 Å². The zero-order valence-electron chi connectivity index (χ0n) is 11.5. The summed E-state index contributed by atoms with van der Waals surface area (Å²) >= 11 is 0. The summed E-state index contributed by atoms with van der Waals surface area (Å²) in [6, 6.07) is 13.4. The van der Waals surface area contributed by atoms with Crippen LogP contribution in [0.4, 0.5) is 0 Å². The predicted molar refractivity (Wildman–Crippen MR) is 81.7 cm³/mol. The van der Waals surface area contributed by atoms with E-state index in [4.69, 9.17) is 4.74 Å². The molecule has 0 bridgehead atoms. The average molecular weight is 286 g/mol. The van der Waals surface area contributed by atoms with Crippen LogP contribution in [0.5, 0.6) is 11.5 Å². The van der Waals surface area contributed by atoms with Crippen LogP contribution in [0.25, 0.3) is 16.4 Å². The highest BCUT2D eigenvalue weighted by Gasteiger charge is 2.06. The molecule has 5 heteroatoms. The van der Waals surface area contributed by atoms with Gasteiger partial charge in [-0.1, -0.05) is 6.07 Å². The predicted octanol–water partition coefficient (Wildman–Crippen LogP) is 3.55. The van der Waals surface area contributed by atoms with Crippen molar-refractivity contribution in [2.45, 2.75) is 0 Å². The zero-order valence-corrected chi connectivity index (χ0v) is 11.5. The Hall–Kier alpha value is -3.39. The number of imidazole rings is 1. The minimum Gasteiger partial charge on any atom is -0.457 e. The first-order valence-corrected chi connectivity index (χ1v) is 6.72. The lowest BCUT2D eigenvalue weighted by molar-refractivity contribution is 0.483. The molecule has 104 valence electrons. The Balaban J connectivity index is 1.77. The molecule has 0 atom stereocenters. The third-order valence-electron chi connectivity index (χ3n) is 3.44. The Morgan fingerprint density at radius 2 is 1.95 bits per heavy atom. The molecule has 0 spiro atoms. The molecular weight excluding hydrogens is 276 g/mol. The second-order valence-electron chi connectivity index (χ2n) is 4.83. The van der Waals surface area contributed by atoms with E-state index in [9.17, 15) is 5.26 Å². The standard InChI is InChI=1S/C17H10N4O/c18-10-14-8-16(9-17-20-5-6-21(14)17)22-15-2-1-12-3-4-19-11-13(12)7-15/h1-9,11H. The molecule has 0 aliphatic heterocycles. The van der Waals surface area contributed by atoms with Crippen molar-refractivity contribution in [1.29, 1.82) is 5.26 Å². The van der Waals surface area contributed by atoms with Crippen molar-refractivity contribution in [2.75, 3.05) is 0 Å². The molecule has 0 fully saturated rings. The van der Waals surface area contributed by atoms with Gasteiger partial charge >= 0.3 is 0 Å². The third-order valence-corrected chi connectivity index (χ3v) is 3.44. The number of fused-ring (bicyclic) bond motifs is 2. The molecule has 0 N–H and O–H groups in total. The van der Waals surface area contributed by atoms with Crippen LogP contribution in [-0.2, 0) is 0 Å². The van der Waals surface area contributed by atoms with Crippen molar-refractivity contribution >= 4 is 16.4 Å². The van der Waals surface area contributed by atoms with Crippen LogP contribution >= 0.6 is 0 Å². The van der Waals surface area contributed by atoms with Crippen molar-refractivity contribution in [2.24, 2.45) is 0 Å². The molecule has 0 aliphatic carbocycles. The fourth-order valence-corrected chi connectivity index (χ4v) is 2.41. The Labute approximate surface area is 126 Å². The largest absolute Gasteiger partial charge is 0.457 e. The van der Waals surface area contributed by atoms with E-state index >= 15 is 0 Å². The molecular formula is C17H10N4O. The highest BCUT2D eigenvalue weighted by Crippen LogP contribution is 2.26. The molecule has 1 aromatic carbocycles. The van der Waals surface area contributed by atoms with E-state index in [0.29, 0.717) is 22.8 Å². The van der Waals surface area contributed by atoms with Crippen LogP contribution in [0.1, 0.15) is 5.69 Å². The molecule has 0 radical (unpaired) electrons. The second-order valence-corrected chi connectivity index (χ2v) is 4.83. The quantitative estimate of drug-likeness (QED) is 0.565.